The van der Waals surface area contributed by atoms with Crippen LogP contribution in [0.2, 0.25) is 0 Å². The molecule has 0 aliphatic carbocycles. The number of fused-ring (bicyclic) bond motifs is 1. The van der Waals surface area contributed by atoms with Crippen LogP contribution in [0.1, 0.15) is 0 Å². The van der Waals surface area contributed by atoms with E-state index in [0.717, 1.165) is 4.73 Å². The summed E-state index contributed by atoms with van der Waals surface area (Å²) >= 11 is 0. The molecule has 11 heavy (non-hydrogen) atoms. The van der Waals surface area contributed by atoms with E-state index in [-0.39, 0.29) is 5.65 Å². The van der Waals surface area contributed by atoms with Crippen molar-refractivity contribution in [1.29, 1.82) is 0 Å². The summed E-state index contributed by atoms with van der Waals surface area (Å²) in [5.41, 5.74) is 0.199. The van der Waals surface area contributed by atoms with Gasteiger partial charge in [0, 0.05) is 0 Å². The molecule has 0 aromatic carbocycles. The molecule has 0 atom stereocenters. The molecule has 6 heteroatoms. The minimum absolute atomic E-state index is 0.255. The molecule has 0 radical (unpaired) electrons. The third kappa shape index (κ3) is 0.759. The average molecular weight is 152 g/mol. The monoisotopic (exact) mass is 152 g/mol. The van der Waals surface area contributed by atoms with Crippen molar-refractivity contribution in [2.24, 2.45) is 0 Å². The van der Waals surface area contributed by atoms with E-state index >= 15 is 0 Å². The minimum atomic E-state index is -0.506. The largest absolute Gasteiger partial charge is 0.425 e. The highest BCUT2D eigenvalue weighted by Gasteiger charge is 2.00. The highest BCUT2D eigenvalue weighted by atomic mass is 16.5. The van der Waals surface area contributed by atoms with Crippen LogP contribution in [-0.4, -0.2) is 24.9 Å². The number of H-pyrrole nitrogens is 1. The lowest BCUT2D eigenvalue weighted by atomic mass is 10.6. The number of hydrogen-bond donors (Lipinski definition) is 2. The Kier molecular flexibility index (Phi) is 0.974. The Morgan fingerprint density at radius 1 is 1.55 bits per heavy atom. The van der Waals surface area contributed by atoms with Crippen molar-refractivity contribution < 1.29 is 5.21 Å². The molecule has 56 valence electrons. The van der Waals surface area contributed by atoms with Gasteiger partial charge in [0.05, 0.1) is 6.20 Å². The van der Waals surface area contributed by atoms with E-state index in [4.69, 9.17) is 5.21 Å². The molecule has 0 spiro atoms. The lowest BCUT2D eigenvalue weighted by molar-refractivity contribution is 0.196. The first-order valence-electron chi connectivity index (χ1n) is 2.89. The van der Waals surface area contributed by atoms with Gasteiger partial charge in [0.25, 0.3) is 0 Å². The molecule has 0 aliphatic rings. The molecule has 0 saturated heterocycles. The van der Waals surface area contributed by atoms with Crippen LogP contribution in [0, 0.1) is 0 Å². The van der Waals surface area contributed by atoms with Gasteiger partial charge < -0.3 is 5.21 Å². The lowest BCUT2D eigenvalue weighted by Crippen LogP contribution is -2.09. The summed E-state index contributed by atoms with van der Waals surface area (Å²) < 4.78 is 0.735. The van der Waals surface area contributed by atoms with E-state index in [0.29, 0.717) is 5.52 Å². The van der Waals surface area contributed by atoms with Crippen LogP contribution >= 0.6 is 0 Å². The third-order valence-electron chi connectivity index (χ3n) is 1.31. The number of aromatic nitrogens is 4. The molecule has 2 N–H and O–H groups in total. The molecule has 2 aromatic heterocycles. The molecule has 0 aliphatic heterocycles. The molecule has 6 nitrogen and oxygen atoms in total. The molecule has 2 rings (SSSR count). The van der Waals surface area contributed by atoms with Gasteiger partial charge in [-0.05, 0) is 0 Å². The third-order valence-corrected chi connectivity index (χ3v) is 1.31. The maximum absolute atomic E-state index is 10.6. The first kappa shape index (κ1) is 5.90. The maximum Gasteiger partial charge on any atom is 0.346 e. The second-order valence-electron chi connectivity index (χ2n) is 2.01. The van der Waals surface area contributed by atoms with Crippen LogP contribution in [0.3, 0.4) is 0 Å². The zero-order valence-electron chi connectivity index (χ0n) is 5.35. The van der Waals surface area contributed by atoms with E-state index in [1.165, 1.54) is 12.5 Å². The second kappa shape index (κ2) is 1.82. The quantitative estimate of drug-likeness (QED) is 0.491. The van der Waals surface area contributed by atoms with Crippen LogP contribution in [0.15, 0.2) is 17.3 Å². The van der Waals surface area contributed by atoms with Crippen molar-refractivity contribution in [2.45, 2.75) is 0 Å². The predicted molar refractivity (Wildman–Crippen MR) is 35.3 cm³/mol. The van der Waals surface area contributed by atoms with E-state index in [9.17, 15) is 4.79 Å². The Balaban J connectivity index is 2.98. The first-order chi connectivity index (χ1) is 5.27. The minimum Gasteiger partial charge on any atom is -0.425 e. The van der Waals surface area contributed by atoms with Crippen LogP contribution in [0.4, 0.5) is 0 Å². The number of aromatic amines is 1. The van der Waals surface area contributed by atoms with Crippen molar-refractivity contribution in [3.05, 3.63) is 23.0 Å². The van der Waals surface area contributed by atoms with Crippen molar-refractivity contribution in [3.8, 4) is 0 Å². The molecule has 0 bridgehead atoms. The molecule has 0 fully saturated rings. The van der Waals surface area contributed by atoms with Gasteiger partial charge in [-0.25, -0.2) is 9.78 Å². The fourth-order valence-electron chi connectivity index (χ4n) is 0.822. The van der Waals surface area contributed by atoms with Crippen LogP contribution in [-0.2, 0) is 0 Å². The summed E-state index contributed by atoms with van der Waals surface area (Å²) in [6.45, 7) is 0. The van der Waals surface area contributed by atoms with E-state index in [1.54, 1.807) is 0 Å². The van der Waals surface area contributed by atoms with Crippen molar-refractivity contribution >= 4 is 11.2 Å². The number of rotatable bonds is 0. The number of nitrogens with one attached hydrogen (secondary N) is 1. The fourth-order valence-corrected chi connectivity index (χ4v) is 0.822. The summed E-state index contributed by atoms with van der Waals surface area (Å²) in [6.07, 6.45) is 2.48. The summed E-state index contributed by atoms with van der Waals surface area (Å²) in [7, 11) is 0. The van der Waals surface area contributed by atoms with Crippen LogP contribution in [0.25, 0.3) is 11.2 Å². The zero-order valence-corrected chi connectivity index (χ0v) is 5.35. The maximum atomic E-state index is 10.6. The topological polar surface area (TPSA) is 83.8 Å². The molecule has 2 aromatic rings. The molecular formula is C5H4N4O2. The molecule has 2 heterocycles. The molecule has 0 unspecified atom stereocenters. The van der Waals surface area contributed by atoms with E-state index in [2.05, 4.69) is 15.0 Å². The standard InChI is InChI=1S/C5H4N4O2/c10-5-6-1-3-4(8-5)9(11)2-7-3/h1-2,11H,(H,6,8,10). The highest BCUT2D eigenvalue weighted by molar-refractivity contribution is 5.68. The van der Waals surface area contributed by atoms with Crippen molar-refractivity contribution in [1.82, 2.24) is 19.7 Å². The SMILES string of the molecule is O=c1ncc2ncn(O)c2[nH]1. The Morgan fingerprint density at radius 3 is 3.18 bits per heavy atom. The first-order valence-corrected chi connectivity index (χ1v) is 2.89. The normalized spacial score (nSPS) is 10.5. The summed E-state index contributed by atoms with van der Waals surface area (Å²) in [4.78, 5) is 20.1. The Labute approximate surface area is 60.1 Å². The summed E-state index contributed by atoms with van der Waals surface area (Å²) in [5, 5.41) is 8.99. The molecule has 0 saturated carbocycles. The zero-order chi connectivity index (χ0) is 7.84. The highest BCUT2D eigenvalue weighted by Crippen LogP contribution is 2.01. The van der Waals surface area contributed by atoms with Gasteiger partial charge in [-0.3, -0.25) is 4.98 Å². The molecular weight excluding hydrogens is 148 g/mol. The molecule has 0 amide bonds. The fraction of sp³-hybridized carbons (Fsp3) is 0. The van der Waals surface area contributed by atoms with E-state index < -0.39 is 5.69 Å². The van der Waals surface area contributed by atoms with Gasteiger partial charge in [-0.2, -0.15) is 9.71 Å². The van der Waals surface area contributed by atoms with Gasteiger partial charge in [0.2, 0.25) is 0 Å². The smallest absolute Gasteiger partial charge is 0.346 e. The second-order valence-corrected chi connectivity index (χ2v) is 2.01. The number of nitrogens with zero attached hydrogens (tertiary/aromatic N) is 3. The Morgan fingerprint density at radius 2 is 2.36 bits per heavy atom. The summed E-state index contributed by atoms with van der Waals surface area (Å²) in [6, 6.07) is 0. The number of imidazole rings is 1. The van der Waals surface area contributed by atoms with Crippen LogP contribution < -0.4 is 5.69 Å². The van der Waals surface area contributed by atoms with Gasteiger partial charge in [0.15, 0.2) is 5.65 Å². The predicted octanol–water partition coefficient (Wildman–Crippen LogP) is -0.643. The van der Waals surface area contributed by atoms with Gasteiger partial charge in [-0.15, -0.1) is 0 Å². The lowest BCUT2D eigenvalue weighted by Gasteiger charge is -1.88. The number of hydrogen-bond acceptors (Lipinski definition) is 4. The van der Waals surface area contributed by atoms with Gasteiger partial charge >= 0.3 is 5.69 Å². The van der Waals surface area contributed by atoms with Gasteiger partial charge in [-0.1, -0.05) is 0 Å². The Bertz CT molecular complexity index is 443. The summed E-state index contributed by atoms with van der Waals surface area (Å²) in [5.74, 6) is 0. The average Bonchev–Trinajstić information content (AvgIpc) is 2.33. The van der Waals surface area contributed by atoms with Crippen LogP contribution in [0.5, 0.6) is 0 Å². The van der Waals surface area contributed by atoms with E-state index in [1.807, 2.05) is 0 Å². The van der Waals surface area contributed by atoms with Gasteiger partial charge in [0.1, 0.15) is 11.8 Å². The van der Waals surface area contributed by atoms with Crippen molar-refractivity contribution in [3.63, 3.8) is 0 Å². The van der Waals surface area contributed by atoms with Crippen molar-refractivity contribution in [2.75, 3.05) is 0 Å². The Hall–Kier alpha value is -1.85.